The first kappa shape index (κ1) is 22.5. The van der Waals surface area contributed by atoms with Gasteiger partial charge >= 0.3 is 0 Å². The second-order valence-electron chi connectivity index (χ2n) is 7.55. The number of benzene rings is 3. The molecule has 1 aliphatic heterocycles. The van der Waals surface area contributed by atoms with Gasteiger partial charge in [-0.2, -0.15) is 4.72 Å². The molecule has 0 fully saturated rings. The van der Waals surface area contributed by atoms with E-state index in [-0.39, 0.29) is 10.8 Å². The van der Waals surface area contributed by atoms with Crippen molar-refractivity contribution in [3.05, 3.63) is 83.9 Å². The van der Waals surface area contributed by atoms with E-state index in [1.807, 2.05) is 0 Å². The zero-order valence-electron chi connectivity index (χ0n) is 17.9. The van der Waals surface area contributed by atoms with Gasteiger partial charge in [-0.3, -0.25) is 9.59 Å². The summed E-state index contributed by atoms with van der Waals surface area (Å²) in [4.78, 5) is 24.8. The molecule has 1 heterocycles. The third kappa shape index (κ3) is 5.21. The minimum atomic E-state index is -4.05. The van der Waals surface area contributed by atoms with E-state index < -0.39 is 22.0 Å². The largest absolute Gasteiger partial charge is 0.497 e. The number of carbonyl (C=O) groups excluding carboxylic acids is 2. The standard InChI is InChI=1S/C24H23N3O5S/c1-32-19-9-5-8-18(15-19)25-24(29)23(16-6-3-2-4-7-16)27-33(30,31)20-11-12-21-17(14-20)10-13-22(28)26-21/h2-9,11-12,14-15,23,27H,10,13H2,1H3,(H,25,29)(H,26,28)/t23-/m0/s1. The number of fused-ring (bicyclic) bond motifs is 1. The summed E-state index contributed by atoms with van der Waals surface area (Å²) in [7, 11) is -2.53. The molecule has 0 radical (unpaired) electrons. The summed E-state index contributed by atoms with van der Waals surface area (Å²) >= 11 is 0. The van der Waals surface area contributed by atoms with Gasteiger partial charge in [-0.05, 0) is 47.9 Å². The number of hydrogen-bond acceptors (Lipinski definition) is 5. The Morgan fingerprint density at radius 2 is 1.79 bits per heavy atom. The fraction of sp³-hybridized carbons (Fsp3) is 0.167. The van der Waals surface area contributed by atoms with Crippen molar-refractivity contribution in [2.24, 2.45) is 0 Å². The molecule has 0 bridgehead atoms. The van der Waals surface area contributed by atoms with Crippen molar-refractivity contribution < 1.29 is 22.7 Å². The first-order valence-electron chi connectivity index (χ1n) is 10.3. The number of nitrogens with one attached hydrogen (secondary N) is 3. The third-order valence-electron chi connectivity index (χ3n) is 5.29. The predicted octanol–water partition coefficient (Wildman–Crippen LogP) is 3.24. The maximum atomic E-state index is 13.2. The lowest BCUT2D eigenvalue weighted by atomic mass is 10.0. The summed E-state index contributed by atoms with van der Waals surface area (Å²) in [5, 5.41) is 5.48. The molecule has 9 heteroatoms. The maximum Gasteiger partial charge on any atom is 0.247 e. The maximum absolute atomic E-state index is 13.2. The zero-order valence-corrected chi connectivity index (χ0v) is 18.7. The van der Waals surface area contributed by atoms with Gasteiger partial charge in [-0.1, -0.05) is 36.4 Å². The van der Waals surface area contributed by atoms with E-state index in [4.69, 9.17) is 4.74 Å². The molecule has 3 aromatic rings. The number of aryl methyl sites for hydroxylation is 1. The Hall–Kier alpha value is -3.69. The minimum absolute atomic E-state index is 0.0208. The van der Waals surface area contributed by atoms with Crippen LogP contribution in [0, 0.1) is 0 Å². The van der Waals surface area contributed by atoms with Crippen LogP contribution in [0.2, 0.25) is 0 Å². The predicted molar refractivity (Wildman–Crippen MR) is 125 cm³/mol. The summed E-state index contributed by atoms with van der Waals surface area (Å²) in [6.45, 7) is 0. The molecule has 0 aromatic heterocycles. The van der Waals surface area contributed by atoms with Crippen LogP contribution in [0.1, 0.15) is 23.6 Å². The van der Waals surface area contributed by atoms with Crippen molar-refractivity contribution in [2.75, 3.05) is 17.7 Å². The van der Waals surface area contributed by atoms with Crippen LogP contribution in [0.15, 0.2) is 77.7 Å². The normalized spacial score (nSPS) is 14.0. The second-order valence-corrected chi connectivity index (χ2v) is 9.27. The van der Waals surface area contributed by atoms with Crippen LogP contribution < -0.4 is 20.1 Å². The Morgan fingerprint density at radius 1 is 1.00 bits per heavy atom. The molecule has 0 saturated carbocycles. The molecule has 8 nitrogen and oxygen atoms in total. The number of ether oxygens (including phenoxy) is 1. The molecule has 0 unspecified atom stereocenters. The van der Waals surface area contributed by atoms with Crippen LogP contribution in [-0.4, -0.2) is 27.3 Å². The lowest BCUT2D eigenvalue weighted by Gasteiger charge is -2.21. The molecule has 1 atom stereocenters. The molecule has 0 aliphatic carbocycles. The zero-order chi connectivity index (χ0) is 23.4. The molecule has 0 spiro atoms. The number of methoxy groups -OCH3 is 1. The summed E-state index contributed by atoms with van der Waals surface area (Å²) in [6, 6.07) is 18.7. The quantitative estimate of drug-likeness (QED) is 0.496. The van der Waals surface area contributed by atoms with Crippen molar-refractivity contribution in [3.8, 4) is 5.75 Å². The van der Waals surface area contributed by atoms with Crippen LogP contribution >= 0.6 is 0 Å². The van der Waals surface area contributed by atoms with Gasteiger partial charge in [0, 0.05) is 23.9 Å². The Bertz CT molecular complexity index is 1290. The van der Waals surface area contributed by atoms with E-state index in [9.17, 15) is 18.0 Å². The number of hydrogen-bond donors (Lipinski definition) is 3. The first-order chi connectivity index (χ1) is 15.9. The third-order valence-corrected chi connectivity index (χ3v) is 6.71. The van der Waals surface area contributed by atoms with Gasteiger partial charge in [-0.25, -0.2) is 8.42 Å². The molecule has 33 heavy (non-hydrogen) atoms. The minimum Gasteiger partial charge on any atom is -0.497 e. The smallest absolute Gasteiger partial charge is 0.247 e. The molecule has 2 amide bonds. The first-order valence-corrected chi connectivity index (χ1v) is 11.8. The SMILES string of the molecule is COc1cccc(NC(=O)[C@@H](NS(=O)(=O)c2ccc3c(c2)CCC(=O)N3)c2ccccc2)c1. The lowest BCUT2D eigenvalue weighted by molar-refractivity contribution is -0.118. The highest BCUT2D eigenvalue weighted by Gasteiger charge is 2.28. The van der Waals surface area contributed by atoms with E-state index in [1.54, 1.807) is 60.7 Å². The van der Waals surface area contributed by atoms with E-state index in [1.165, 1.54) is 19.2 Å². The number of carbonyl (C=O) groups is 2. The van der Waals surface area contributed by atoms with Gasteiger partial charge in [-0.15, -0.1) is 0 Å². The molecule has 0 saturated heterocycles. The highest BCUT2D eigenvalue weighted by molar-refractivity contribution is 7.89. The van der Waals surface area contributed by atoms with Crippen LogP contribution in [0.3, 0.4) is 0 Å². The second kappa shape index (κ2) is 9.43. The van der Waals surface area contributed by atoms with E-state index in [2.05, 4.69) is 15.4 Å². The molecule has 3 aromatic carbocycles. The van der Waals surface area contributed by atoms with E-state index in [0.29, 0.717) is 35.5 Å². The molecular weight excluding hydrogens is 442 g/mol. The van der Waals surface area contributed by atoms with E-state index in [0.717, 1.165) is 5.56 Å². The summed E-state index contributed by atoms with van der Waals surface area (Å²) in [5.74, 6) is -0.0800. The molecule has 3 N–H and O–H groups in total. The van der Waals surface area contributed by atoms with Crippen molar-refractivity contribution in [3.63, 3.8) is 0 Å². The number of amides is 2. The fourth-order valence-corrected chi connectivity index (χ4v) is 4.82. The van der Waals surface area contributed by atoms with Crippen LogP contribution in [0.4, 0.5) is 11.4 Å². The monoisotopic (exact) mass is 465 g/mol. The Balaban J connectivity index is 1.62. The number of rotatable bonds is 7. The average molecular weight is 466 g/mol. The van der Waals surface area contributed by atoms with Gasteiger partial charge in [0.2, 0.25) is 21.8 Å². The number of anilines is 2. The van der Waals surface area contributed by atoms with Crippen LogP contribution in [0.25, 0.3) is 0 Å². The average Bonchev–Trinajstić information content (AvgIpc) is 2.82. The van der Waals surface area contributed by atoms with Crippen molar-refractivity contribution in [1.29, 1.82) is 0 Å². The van der Waals surface area contributed by atoms with Gasteiger partial charge in [0.05, 0.1) is 12.0 Å². The lowest BCUT2D eigenvalue weighted by Crippen LogP contribution is -2.37. The Labute approximate surface area is 192 Å². The van der Waals surface area contributed by atoms with Gasteiger partial charge < -0.3 is 15.4 Å². The molecule has 4 rings (SSSR count). The molecule has 170 valence electrons. The van der Waals surface area contributed by atoms with Crippen molar-refractivity contribution in [2.45, 2.75) is 23.8 Å². The number of sulfonamides is 1. The van der Waals surface area contributed by atoms with Gasteiger partial charge in [0.1, 0.15) is 11.8 Å². The van der Waals surface area contributed by atoms with Gasteiger partial charge in [0.25, 0.3) is 0 Å². The molecular formula is C24H23N3O5S. The van der Waals surface area contributed by atoms with Crippen molar-refractivity contribution >= 4 is 33.2 Å². The van der Waals surface area contributed by atoms with Gasteiger partial charge in [0.15, 0.2) is 0 Å². The molecule has 1 aliphatic rings. The highest BCUT2D eigenvalue weighted by atomic mass is 32.2. The highest BCUT2D eigenvalue weighted by Crippen LogP contribution is 2.27. The summed E-state index contributed by atoms with van der Waals surface area (Å²) in [5.41, 5.74) is 2.30. The fourth-order valence-electron chi connectivity index (χ4n) is 3.58. The van der Waals surface area contributed by atoms with Crippen LogP contribution in [-0.2, 0) is 26.0 Å². The summed E-state index contributed by atoms with van der Waals surface area (Å²) in [6.07, 6.45) is 0.739. The summed E-state index contributed by atoms with van der Waals surface area (Å²) < 4.78 is 34.2. The Morgan fingerprint density at radius 3 is 2.55 bits per heavy atom. The van der Waals surface area contributed by atoms with Crippen LogP contribution in [0.5, 0.6) is 5.75 Å². The van der Waals surface area contributed by atoms with E-state index >= 15 is 0 Å². The topological polar surface area (TPSA) is 114 Å². The van der Waals surface area contributed by atoms with Crippen molar-refractivity contribution in [1.82, 2.24) is 4.72 Å². The Kier molecular flexibility index (Phi) is 6.43.